The van der Waals surface area contributed by atoms with Gasteiger partial charge in [0, 0.05) is 12.6 Å². The number of hydrogen-bond acceptors (Lipinski definition) is 6. The lowest BCUT2D eigenvalue weighted by Gasteiger charge is -2.29. The van der Waals surface area contributed by atoms with Crippen molar-refractivity contribution in [3.05, 3.63) is 42.0 Å². The average Bonchev–Trinajstić information content (AvgIpc) is 3.02. The van der Waals surface area contributed by atoms with E-state index in [2.05, 4.69) is 0 Å². The first kappa shape index (κ1) is 21.1. The van der Waals surface area contributed by atoms with Crippen LogP contribution < -0.4 is 0 Å². The van der Waals surface area contributed by atoms with Gasteiger partial charge in [-0.1, -0.05) is 38.1 Å². The molecule has 1 saturated heterocycles. The van der Waals surface area contributed by atoms with E-state index in [1.807, 2.05) is 38.1 Å². The standard InChI is InChI=1S/C21H25NO6S/c1-14(2)11-22(17-7-8-29(26,27)13-17)20(24)12-28-21(25)18-9-15-5-3-4-6-16(15)10-19(18)23/h3-6,9-10,14,17,23H,7-8,11-13H2,1-2H3/t17-/m1/s1. The Morgan fingerprint density at radius 1 is 1.21 bits per heavy atom. The van der Waals surface area contributed by atoms with E-state index in [-0.39, 0.29) is 28.7 Å². The van der Waals surface area contributed by atoms with E-state index in [4.69, 9.17) is 4.74 Å². The number of amides is 1. The molecule has 0 aromatic heterocycles. The van der Waals surface area contributed by atoms with Crippen molar-refractivity contribution in [3.63, 3.8) is 0 Å². The molecule has 3 rings (SSSR count). The lowest BCUT2D eigenvalue weighted by atomic mass is 10.1. The van der Waals surface area contributed by atoms with Crippen molar-refractivity contribution in [1.82, 2.24) is 4.90 Å². The van der Waals surface area contributed by atoms with Crippen LogP contribution in [0.25, 0.3) is 10.8 Å². The molecule has 1 atom stereocenters. The second-order valence-corrected chi connectivity index (χ2v) is 10.0. The Hall–Kier alpha value is -2.61. The summed E-state index contributed by atoms with van der Waals surface area (Å²) >= 11 is 0. The highest BCUT2D eigenvalue weighted by Gasteiger charge is 2.35. The molecule has 0 spiro atoms. The Morgan fingerprint density at radius 3 is 2.45 bits per heavy atom. The zero-order valence-corrected chi connectivity index (χ0v) is 17.3. The van der Waals surface area contributed by atoms with Crippen molar-refractivity contribution in [1.29, 1.82) is 0 Å². The summed E-state index contributed by atoms with van der Waals surface area (Å²) in [6, 6.07) is 9.86. The summed E-state index contributed by atoms with van der Waals surface area (Å²) in [5, 5.41) is 11.7. The van der Waals surface area contributed by atoms with Gasteiger partial charge in [-0.3, -0.25) is 4.79 Å². The van der Waals surface area contributed by atoms with Crippen LogP contribution in [0.1, 0.15) is 30.6 Å². The van der Waals surface area contributed by atoms with Gasteiger partial charge in [0.15, 0.2) is 16.4 Å². The lowest BCUT2D eigenvalue weighted by Crippen LogP contribution is -2.45. The van der Waals surface area contributed by atoms with Crippen LogP contribution >= 0.6 is 0 Å². The van der Waals surface area contributed by atoms with Crippen molar-refractivity contribution in [2.75, 3.05) is 24.7 Å². The van der Waals surface area contributed by atoms with Gasteiger partial charge in [-0.2, -0.15) is 0 Å². The zero-order valence-electron chi connectivity index (χ0n) is 16.5. The first-order valence-electron chi connectivity index (χ1n) is 9.55. The minimum Gasteiger partial charge on any atom is -0.507 e. The van der Waals surface area contributed by atoms with Crippen molar-refractivity contribution in [2.45, 2.75) is 26.3 Å². The van der Waals surface area contributed by atoms with E-state index < -0.39 is 34.4 Å². The maximum Gasteiger partial charge on any atom is 0.342 e. The molecule has 1 fully saturated rings. The van der Waals surface area contributed by atoms with E-state index in [0.717, 1.165) is 10.8 Å². The van der Waals surface area contributed by atoms with Crippen LogP contribution in [-0.2, 0) is 19.4 Å². The fourth-order valence-corrected chi connectivity index (χ4v) is 5.28. The van der Waals surface area contributed by atoms with Crippen LogP contribution in [0.4, 0.5) is 0 Å². The first-order valence-corrected chi connectivity index (χ1v) is 11.4. The lowest BCUT2D eigenvalue weighted by molar-refractivity contribution is -0.137. The van der Waals surface area contributed by atoms with Gasteiger partial charge in [0.1, 0.15) is 11.3 Å². The molecule has 156 valence electrons. The van der Waals surface area contributed by atoms with Crippen molar-refractivity contribution in [2.24, 2.45) is 5.92 Å². The Morgan fingerprint density at radius 2 is 1.86 bits per heavy atom. The van der Waals surface area contributed by atoms with E-state index in [1.165, 1.54) is 17.0 Å². The molecule has 1 N–H and O–H groups in total. The number of rotatable bonds is 6. The Balaban J connectivity index is 1.70. The summed E-state index contributed by atoms with van der Waals surface area (Å²) < 4.78 is 28.8. The number of carbonyl (C=O) groups is 2. The molecule has 0 aliphatic carbocycles. The maximum atomic E-state index is 12.7. The van der Waals surface area contributed by atoms with Gasteiger partial charge in [0.2, 0.25) is 0 Å². The summed E-state index contributed by atoms with van der Waals surface area (Å²) in [6.45, 7) is 3.75. The number of aromatic hydroxyl groups is 1. The predicted octanol–water partition coefficient (Wildman–Crippen LogP) is 2.37. The molecular weight excluding hydrogens is 394 g/mol. The number of esters is 1. The quantitative estimate of drug-likeness (QED) is 0.722. The van der Waals surface area contributed by atoms with Crippen molar-refractivity contribution < 1.29 is 27.9 Å². The smallest absolute Gasteiger partial charge is 0.342 e. The van der Waals surface area contributed by atoms with Gasteiger partial charge in [-0.05, 0) is 35.2 Å². The van der Waals surface area contributed by atoms with Gasteiger partial charge in [0.05, 0.1) is 11.5 Å². The molecule has 7 nitrogen and oxygen atoms in total. The fraction of sp³-hybridized carbons (Fsp3) is 0.429. The molecule has 2 aromatic rings. The molecular formula is C21H25NO6S. The zero-order chi connectivity index (χ0) is 21.2. The Bertz CT molecular complexity index is 1030. The number of phenols is 1. The molecule has 8 heteroatoms. The summed E-state index contributed by atoms with van der Waals surface area (Å²) in [7, 11) is -3.15. The third-order valence-corrected chi connectivity index (χ3v) is 6.69. The van der Waals surface area contributed by atoms with E-state index >= 15 is 0 Å². The summed E-state index contributed by atoms with van der Waals surface area (Å²) in [5.41, 5.74) is -0.0182. The number of ether oxygens (including phenoxy) is 1. The summed E-state index contributed by atoms with van der Waals surface area (Å²) in [4.78, 5) is 26.6. The van der Waals surface area contributed by atoms with Crippen LogP contribution in [0, 0.1) is 5.92 Å². The highest BCUT2D eigenvalue weighted by Crippen LogP contribution is 2.26. The Labute approximate surface area is 170 Å². The molecule has 29 heavy (non-hydrogen) atoms. The fourth-order valence-electron chi connectivity index (χ4n) is 3.55. The second-order valence-electron chi connectivity index (χ2n) is 7.79. The number of phenolic OH excluding ortho intramolecular Hbond substituents is 1. The van der Waals surface area contributed by atoms with Crippen LogP contribution in [0.15, 0.2) is 36.4 Å². The number of carbonyl (C=O) groups excluding carboxylic acids is 2. The molecule has 1 heterocycles. The topological polar surface area (TPSA) is 101 Å². The van der Waals surface area contributed by atoms with E-state index in [9.17, 15) is 23.1 Å². The Kier molecular flexibility index (Phi) is 6.12. The molecule has 0 saturated carbocycles. The van der Waals surface area contributed by atoms with Crippen LogP contribution in [0.5, 0.6) is 5.75 Å². The molecule has 1 amide bonds. The minimum atomic E-state index is -3.15. The third-order valence-electron chi connectivity index (χ3n) is 4.94. The molecule has 1 aliphatic rings. The molecule has 1 aliphatic heterocycles. The van der Waals surface area contributed by atoms with Crippen LogP contribution in [0.2, 0.25) is 0 Å². The highest BCUT2D eigenvalue weighted by atomic mass is 32.2. The SMILES string of the molecule is CC(C)CN(C(=O)COC(=O)c1cc2ccccc2cc1O)[C@@H]1CCS(=O)(=O)C1. The van der Waals surface area contributed by atoms with Gasteiger partial charge in [-0.25, -0.2) is 13.2 Å². The number of sulfone groups is 1. The molecule has 0 bridgehead atoms. The van der Waals surface area contributed by atoms with Crippen molar-refractivity contribution in [3.8, 4) is 5.75 Å². The first-order chi connectivity index (χ1) is 13.7. The van der Waals surface area contributed by atoms with Gasteiger partial charge < -0.3 is 14.7 Å². The summed E-state index contributed by atoms with van der Waals surface area (Å²) in [5.74, 6) is -1.32. The van der Waals surface area contributed by atoms with E-state index in [1.54, 1.807) is 0 Å². The van der Waals surface area contributed by atoms with Gasteiger partial charge >= 0.3 is 5.97 Å². The third kappa shape index (κ3) is 5.06. The highest BCUT2D eigenvalue weighted by molar-refractivity contribution is 7.91. The maximum absolute atomic E-state index is 12.7. The summed E-state index contributed by atoms with van der Waals surface area (Å²) in [6.07, 6.45) is 0.389. The number of benzene rings is 2. The second kappa shape index (κ2) is 8.41. The van der Waals surface area contributed by atoms with E-state index in [0.29, 0.717) is 13.0 Å². The largest absolute Gasteiger partial charge is 0.507 e. The molecule has 0 unspecified atom stereocenters. The van der Waals surface area contributed by atoms with Crippen LogP contribution in [0.3, 0.4) is 0 Å². The average molecular weight is 419 g/mol. The predicted molar refractivity (Wildman–Crippen MR) is 110 cm³/mol. The van der Waals surface area contributed by atoms with Gasteiger partial charge in [-0.15, -0.1) is 0 Å². The number of fused-ring (bicyclic) bond motifs is 1. The van der Waals surface area contributed by atoms with Crippen molar-refractivity contribution >= 4 is 32.5 Å². The van der Waals surface area contributed by atoms with Gasteiger partial charge in [0.25, 0.3) is 5.91 Å². The normalized spacial score (nSPS) is 18.1. The number of nitrogens with zero attached hydrogens (tertiary/aromatic N) is 1. The molecule has 2 aromatic carbocycles. The molecule has 0 radical (unpaired) electrons. The monoisotopic (exact) mass is 419 g/mol. The van der Waals surface area contributed by atoms with Crippen LogP contribution in [-0.4, -0.2) is 61.0 Å². The minimum absolute atomic E-state index is 0.0182. The number of hydrogen-bond donors (Lipinski definition) is 1.